The third-order valence-corrected chi connectivity index (χ3v) is 2.29. The summed E-state index contributed by atoms with van der Waals surface area (Å²) in [7, 11) is 0. The SMILES string of the molecule is CC(C)Oc1ccc(Br)c(C(=O)O)c1F. The molecule has 3 nitrogen and oxygen atoms in total. The van der Waals surface area contributed by atoms with Crippen molar-refractivity contribution in [2.24, 2.45) is 0 Å². The van der Waals surface area contributed by atoms with Crippen molar-refractivity contribution in [3.63, 3.8) is 0 Å². The molecule has 0 bridgehead atoms. The van der Waals surface area contributed by atoms with Gasteiger partial charge in [0.25, 0.3) is 0 Å². The van der Waals surface area contributed by atoms with Gasteiger partial charge in [-0.05, 0) is 41.9 Å². The first-order valence-electron chi connectivity index (χ1n) is 4.31. The standard InChI is InChI=1S/C10H10BrFO3/c1-5(2)15-7-4-3-6(11)8(9(7)12)10(13)14/h3-5H,1-2H3,(H,13,14). The minimum atomic E-state index is -1.33. The highest BCUT2D eigenvalue weighted by molar-refractivity contribution is 9.10. The molecular weight excluding hydrogens is 267 g/mol. The van der Waals surface area contributed by atoms with Crippen molar-refractivity contribution in [3.05, 3.63) is 28.0 Å². The van der Waals surface area contributed by atoms with E-state index in [2.05, 4.69) is 15.9 Å². The van der Waals surface area contributed by atoms with Gasteiger partial charge in [-0.3, -0.25) is 0 Å². The van der Waals surface area contributed by atoms with Crippen molar-refractivity contribution in [1.82, 2.24) is 0 Å². The van der Waals surface area contributed by atoms with Crippen molar-refractivity contribution in [2.75, 3.05) is 0 Å². The predicted octanol–water partition coefficient (Wildman–Crippen LogP) is 3.07. The maximum Gasteiger partial charge on any atom is 0.339 e. The van der Waals surface area contributed by atoms with E-state index < -0.39 is 17.3 Å². The summed E-state index contributed by atoms with van der Waals surface area (Å²) in [4.78, 5) is 10.8. The topological polar surface area (TPSA) is 46.5 Å². The third kappa shape index (κ3) is 2.68. The Morgan fingerprint density at radius 2 is 2.13 bits per heavy atom. The lowest BCUT2D eigenvalue weighted by atomic mass is 10.2. The molecule has 15 heavy (non-hydrogen) atoms. The van der Waals surface area contributed by atoms with E-state index in [1.54, 1.807) is 13.8 Å². The largest absolute Gasteiger partial charge is 0.488 e. The van der Waals surface area contributed by atoms with Crippen molar-refractivity contribution < 1.29 is 19.0 Å². The van der Waals surface area contributed by atoms with E-state index in [0.29, 0.717) is 0 Å². The fourth-order valence-electron chi connectivity index (χ4n) is 1.07. The van der Waals surface area contributed by atoms with Crippen molar-refractivity contribution in [3.8, 4) is 5.75 Å². The van der Waals surface area contributed by atoms with Gasteiger partial charge in [0.15, 0.2) is 11.6 Å². The van der Waals surface area contributed by atoms with Gasteiger partial charge in [-0.25, -0.2) is 9.18 Å². The highest BCUT2D eigenvalue weighted by atomic mass is 79.9. The van der Waals surface area contributed by atoms with Crippen LogP contribution in [0.25, 0.3) is 0 Å². The van der Waals surface area contributed by atoms with Crippen LogP contribution in [0.1, 0.15) is 24.2 Å². The molecular formula is C10H10BrFO3. The molecule has 0 aliphatic rings. The molecule has 82 valence electrons. The van der Waals surface area contributed by atoms with E-state index in [9.17, 15) is 9.18 Å². The van der Waals surface area contributed by atoms with Crippen molar-refractivity contribution >= 4 is 21.9 Å². The van der Waals surface area contributed by atoms with Crippen LogP contribution in [0.2, 0.25) is 0 Å². The van der Waals surface area contributed by atoms with Crippen LogP contribution in [-0.4, -0.2) is 17.2 Å². The number of halogens is 2. The molecule has 0 spiro atoms. The highest BCUT2D eigenvalue weighted by Gasteiger charge is 2.19. The number of ether oxygens (including phenoxy) is 1. The first kappa shape index (κ1) is 12.0. The van der Waals surface area contributed by atoms with Crippen LogP contribution in [0.4, 0.5) is 4.39 Å². The van der Waals surface area contributed by atoms with Crippen molar-refractivity contribution in [1.29, 1.82) is 0 Å². The molecule has 0 amide bonds. The van der Waals surface area contributed by atoms with E-state index in [4.69, 9.17) is 9.84 Å². The summed E-state index contributed by atoms with van der Waals surface area (Å²) in [5.74, 6) is -2.23. The smallest absolute Gasteiger partial charge is 0.339 e. The van der Waals surface area contributed by atoms with Gasteiger partial charge in [-0.1, -0.05) is 0 Å². The zero-order valence-electron chi connectivity index (χ0n) is 8.25. The minimum absolute atomic E-state index is 0.0504. The molecule has 0 aromatic heterocycles. The monoisotopic (exact) mass is 276 g/mol. The van der Waals surface area contributed by atoms with E-state index in [1.165, 1.54) is 12.1 Å². The molecule has 0 aliphatic carbocycles. The normalized spacial score (nSPS) is 10.5. The first-order chi connectivity index (χ1) is 6.93. The molecule has 0 unspecified atom stereocenters. The van der Waals surface area contributed by atoms with Gasteiger partial charge < -0.3 is 9.84 Å². The van der Waals surface area contributed by atoms with Crippen molar-refractivity contribution in [2.45, 2.75) is 20.0 Å². The Morgan fingerprint density at radius 3 is 2.60 bits per heavy atom. The number of aromatic carboxylic acids is 1. The Hall–Kier alpha value is -1.10. The summed E-state index contributed by atoms with van der Waals surface area (Å²) < 4.78 is 18.9. The molecule has 0 atom stereocenters. The molecule has 0 radical (unpaired) electrons. The zero-order chi connectivity index (χ0) is 11.6. The van der Waals surface area contributed by atoms with Gasteiger partial charge >= 0.3 is 5.97 Å². The van der Waals surface area contributed by atoms with Crippen LogP contribution < -0.4 is 4.74 Å². The highest BCUT2D eigenvalue weighted by Crippen LogP contribution is 2.28. The quantitative estimate of drug-likeness (QED) is 0.923. The van der Waals surface area contributed by atoms with Gasteiger partial charge in [-0.15, -0.1) is 0 Å². The second-order valence-electron chi connectivity index (χ2n) is 3.21. The average Bonchev–Trinajstić information content (AvgIpc) is 2.09. The summed E-state index contributed by atoms with van der Waals surface area (Å²) in [5, 5.41) is 8.78. The van der Waals surface area contributed by atoms with Crippen LogP contribution in [0.3, 0.4) is 0 Å². The molecule has 1 rings (SSSR count). The number of hydrogen-bond donors (Lipinski definition) is 1. The lowest BCUT2D eigenvalue weighted by Crippen LogP contribution is -2.10. The van der Waals surface area contributed by atoms with E-state index in [-0.39, 0.29) is 16.3 Å². The fraction of sp³-hybridized carbons (Fsp3) is 0.300. The van der Waals surface area contributed by atoms with Crippen LogP contribution >= 0.6 is 15.9 Å². The van der Waals surface area contributed by atoms with Gasteiger partial charge in [0.05, 0.1) is 6.10 Å². The summed E-state index contributed by atoms with van der Waals surface area (Å²) in [6.07, 6.45) is -0.206. The van der Waals surface area contributed by atoms with Gasteiger partial charge in [0, 0.05) is 4.47 Å². The number of carboxylic acid groups (broad SMARTS) is 1. The van der Waals surface area contributed by atoms with E-state index >= 15 is 0 Å². The second kappa shape index (κ2) is 4.61. The molecule has 1 aromatic rings. The number of carbonyl (C=O) groups is 1. The predicted molar refractivity (Wildman–Crippen MR) is 56.8 cm³/mol. The first-order valence-corrected chi connectivity index (χ1v) is 5.10. The number of benzene rings is 1. The molecule has 1 N–H and O–H groups in total. The lowest BCUT2D eigenvalue weighted by molar-refractivity contribution is 0.0689. The average molecular weight is 277 g/mol. The Balaban J connectivity index is 3.22. The van der Waals surface area contributed by atoms with Gasteiger partial charge in [0.2, 0.25) is 0 Å². The Labute approximate surface area is 95.0 Å². The van der Waals surface area contributed by atoms with E-state index in [0.717, 1.165) is 0 Å². The van der Waals surface area contributed by atoms with Crippen LogP contribution in [0.15, 0.2) is 16.6 Å². The molecule has 0 aliphatic heterocycles. The number of carboxylic acids is 1. The lowest BCUT2D eigenvalue weighted by Gasteiger charge is -2.12. The molecule has 1 aromatic carbocycles. The fourth-order valence-corrected chi connectivity index (χ4v) is 1.55. The molecule has 0 fully saturated rings. The Morgan fingerprint density at radius 1 is 1.53 bits per heavy atom. The van der Waals surface area contributed by atoms with E-state index in [1.807, 2.05) is 0 Å². The second-order valence-corrected chi connectivity index (χ2v) is 4.06. The van der Waals surface area contributed by atoms with Gasteiger partial charge in [-0.2, -0.15) is 0 Å². The molecule has 5 heteroatoms. The molecule has 0 heterocycles. The Kier molecular flexibility index (Phi) is 3.68. The Bertz CT molecular complexity index is 390. The summed E-state index contributed by atoms with van der Waals surface area (Å²) in [6, 6.07) is 2.84. The molecule has 0 saturated heterocycles. The summed E-state index contributed by atoms with van der Waals surface area (Å²) in [5.41, 5.74) is -0.409. The third-order valence-electron chi connectivity index (χ3n) is 1.63. The van der Waals surface area contributed by atoms with Gasteiger partial charge in [0.1, 0.15) is 5.56 Å². The maximum atomic E-state index is 13.6. The minimum Gasteiger partial charge on any atom is -0.488 e. The molecule has 0 saturated carbocycles. The number of hydrogen-bond acceptors (Lipinski definition) is 2. The maximum absolute atomic E-state index is 13.6. The van der Waals surface area contributed by atoms with Crippen LogP contribution in [0.5, 0.6) is 5.75 Å². The van der Waals surface area contributed by atoms with Crippen LogP contribution in [0, 0.1) is 5.82 Å². The van der Waals surface area contributed by atoms with Crippen LogP contribution in [-0.2, 0) is 0 Å². The summed E-state index contributed by atoms with van der Waals surface area (Å²) in [6.45, 7) is 3.48. The number of rotatable bonds is 3. The zero-order valence-corrected chi connectivity index (χ0v) is 9.84. The summed E-state index contributed by atoms with van der Waals surface area (Å²) >= 11 is 2.97.